The van der Waals surface area contributed by atoms with Crippen molar-refractivity contribution in [3.8, 4) is 11.1 Å². The molecule has 0 fully saturated rings. The summed E-state index contributed by atoms with van der Waals surface area (Å²) in [6, 6.07) is 11.8. The first kappa shape index (κ1) is 11.3. The van der Waals surface area contributed by atoms with Gasteiger partial charge >= 0.3 is 5.97 Å². The quantitative estimate of drug-likeness (QED) is 0.857. The van der Waals surface area contributed by atoms with Crippen molar-refractivity contribution >= 4 is 5.97 Å². The van der Waals surface area contributed by atoms with Gasteiger partial charge in [0.15, 0.2) is 0 Å². The minimum atomic E-state index is -1.25. The third kappa shape index (κ3) is 2.33. The van der Waals surface area contributed by atoms with Crippen LogP contribution in [0.4, 0.5) is 4.39 Å². The Morgan fingerprint density at radius 2 is 1.65 bits per heavy atom. The van der Waals surface area contributed by atoms with E-state index in [1.165, 1.54) is 12.1 Å². The summed E-state index contributed by atoms with van der Waals surface area (Å²) in [5.74, 6) is -1.96. The molecule has 0 bridgehead atoms. The van der Waals surface area contributed by atoms with Crippen LogP contribution in [0.1, 0.15) is 15.9 Å². The van der Waals surface area contributed by atoms with Crippen LogP contribution < -0.4 is 0 Å². The number of carbonyl (C=O) groups is 1. The molecule has 0 atom stereocenters. The van der Waals surface area contributed by atoms with Gasteiger partial charge in [-0.05, 0) is 30.2 Å². The summed E-state index contributed by atoms with van der Waals surface area (Å²) in [5, 5.41) is 8.72. The van der Waals surface area contributed by atoms with E-state index in [0.29, 0.717) is 5.56 Å². The van der Waals surface area contributed by atoms with E-state index in [9.17, 15) is 9.18 Å². The van der Waals surface area contributed by atoms with Gasteiger partial charge in [-0.15, -0.1) is 0 Å². The molecule has 0 aliphatic carbocycles. The Morgan fingerprint density at radius 3 is 2.18 bits per heavy atom. The highest BCUT2D eigenvalue weighted by Crippen LogP contribution is 2.22. The molecular formula is C14H11FO2. The number of rotatable bonds is 2. The first-order valence-electron chi connectivity index (χ1n) is 5.18. The van der Waals surface area contributed by atoms with Gasteiger partial charge in [-0.25, -0.2) is 9.18 Å². The molecule has 0 saturated heterocycles. The van der Waals surface area contributed by atoms with Crippen LogP contribution in [0.15, 0.2) is 42.5 Å². The average Bonchev–Trinajstić information content (AvgIpc) is 2.29. The standard InChI is InChI=1S/C14H11FO2/c1-9-2-4-10(5-3-9)11-6-7-12(14(16)17)13(15)8-11/h2-8H,1H3,(H,16,17). The molecule has 17 heavy (non-hydrogen) atoms. The van der Waals surface area contributed by atoms with E-state index in [-0.39, 0.29) is 5.56 Å². The second-order valence-electron chi connectivity index (χ2n) is 3.87. The zero-order valence-electron chi connectivity index (χ0n) is 9.27. The van der Waals surface area contributed by atoms with Gasteiger partial charge in [-0.2, -0.15) is 0 Å². The Morgan fingerprint density at radius 1 is 1.06 bits per heavy atom. The van der Waals surface area contributed by atoms with Gasteiger partial charge in [-0.1, -0.05) is 35.9 Å². The highest BCUT2D eigenvalue weighted by Gasteiger charge is 2.10. The molecule has 3 heteroatoms. The highest BCUT2D eigenvalue weighted by molar-refractivity contribution is 5.88. The van der Waals surface area contributed by atoms with E-state index in [1.54, 1.807) is 6.07 Å². The molecule has 86 valence electrons. The number of aromatic carboxylic acids is 1. The summed E-state index contributed by atoms with van der Waals surface area (Å²) < 4.78 is 13.5. The maximum absolute atomic E-state index is 13.5. The monoisotopic (exact) mass is 230 g/mol. The Balaban J connectivity index is 2.44. The molecule has 0 heterocycles. The van der Waals surface area contributed by atoms with E-state index < -0.39 is 11.8 Å². The summed E-state index contributed by atoms with van der Waals surface area (Å²) in [6.07, 6.45) is 0. The Kier molecular flexibility index (Phi) is 2.91. The van der Waals surface area contributed by atoms with Gasteiger partial charge in [0.1, 0.15) is 5.82 Å². The molecule has 0 aliphatic rings. The number of aryl methyl sites for hydroxylation is 1. The largest absolute Gasteiger partial charge is 0.478 e. The van der Waals surface area contributed by atoms with Crippen LogP contribution in [0.5, 0.6) is 0 Å². The fourth-order valence-corrected chi connectivity index (χ4v) is 1.61. The van der Waals surface area contributed by atoms with Crippen LogP contribution >= 0.6 is 0 Å². The Labute approximate surface area is 98.3 Å². The molecule has 0 aliphatic heterocycles. The fourth-order valence-electron chi connectivity index (χ4n) is 1.61. The fraction of sp³-hybridized carbons (Fsp3) is 0.0714. The lowest BCUT2D eigenvalue weighted by Gasteiger charge is -2.04. The molecule has 0 unspecified atom stereocenters. The lowest BCUT2D eigenvalue weighted by atomic mass is 10.0. The lowest BCUT2D eigenvalue weighted by Crippen LogP contribution is -2.00. The van der Waals surface area contributed by atoms with Crippen molar-refractivity contribution in [2.24, 2.45) is 0 Å². The molecule has 2 rings (SSSR count). The molecular weight excluding hydrogens is 219 g/mol. The summed E-state index contributed by atoms with van der Waals surface area (Å²) in [7, 11) is 0. The van der Waals surface area contributed by atoms with E-state index in [2.05, 4.69) is 0 Å². The molecule has 0 saturated carbocycles. The predicted octanol–water partition coefficient (Wildman–Crippen LogP) is 3.50. The van der Waals surface area contributed by atoms with E-state index >= 15 is 0 Å². The second kappa shape index (κ2) is 4.37. The first-order chi connectivity index (χ1) is 8.08. The van der Waals surface area contributed by atoms with Gasteiger partial charge < -0.3 is 5.11 Å². The SMILES string of the molecule is Cc1ccc(-c2ccc(C(=O)O)c(F)c2)cc1. The minimum absolute atomic E-state index is 0.305. The Bertz CT molecular complexity index is 559. The van der Waals surface area contributed by atoms with Crippen molar-refractivity contribution in [3.63, 3.8) is 0 Å². The zero-order valence-corrected chi connectivity index (χ0v) is 9.27. The van der Waals surface area contributed by atoms with Crippen molar-refractivity contribution < 1.29 is 14.3 Å². The van der Waals surface area contributed by atoms with E-state index in [0.717, 1.165) is 11.1 Å². The number of hydrogen-bond acceptors (Lipinski definition) is 1. The summed E-state index contributed by atoms with van der Waals surface area (Å²) in [4.78, 5) is 10.7. The number of carboxylic acid groups (broad SMARTS) is 1. The summed E-state index contributed by atoms with van der Waals surface area (Å²) in [6.45, 7) is 1.97. The normalized spacial score (nSPS) is 10.2. The number of hydrogen-bond donors (Lipinski definition) is 1. The third-order valence-electron chi connectivity index (χ3n) is 2.58. The van der Waals surface area contributed by atoms with E-state index in [1.807, 2.05) is 31.2 Å². The molecule has 2 aromatic rings. The lowest BCUT2D eigenvalue weighted by molar-refractivity contribution is 0.0692. The van der Waals surface area contributed by atoms with Crippen LogP contribution in [-0.4, -0.2) is 11.1 Å². The highest BCUT2D eigenvalue weighted by atomic mass is 19.1. The molecule has 0 amide bonds. The van der Waals surface area contributed by atoms with Crippen molar-refractivity contribution in [3.05, 3.63) is 59.4 Å². The maximum atomic E-state index is 13.5. The molecule has 2 nitrogen and oxygen atoms in total. The van der Waals surface area contributed by atoms with E-state index in [4.69, 9.17) is 5.11 Å². The third-order valence-corrected chi connectivity index (χ3v) is 2.58. The molecule has 0 aromatic heterocycles. The zero-order chi connectivity index (χ0) is 12.4. The van der Waals surface area contributed by atoms with Gasteiger partial charge in [-0.3, -0.25) is 0 Å². The molecule has 0 spiro atoms. The first-order valence-corrected chi connectivity index (χ1v) is 5.18. The predicted molar refractivity (Wildman–Crippen MR) is 63.5 cm³/mol. The van der Waals surface area contributed by atoms with Gasteiger partial charge in [0.25, 0.3) is 0 Å². The van der Waals surface area contributed by atoms with Crippen molar-refractivity contribution in [1.82, 2.24) is 0 Å². The van der Waals surface area contributed by atoms with Crippen molar-refractivity contribution in [2.75, 3.05) is 0 Å². The van der Waals surface area contributed by atoms with Crippen molar-refractivity contribution in [2.45, 2.75) is 6.92 Å². The van der Waals surface area contributed by atoms with Gasteiger partial charge in [0.2, 0.25) is 0 Å². The Hall–Kier alpha value is -2.16. The summed E-state index contributed by atoms with van der Waals surface area (Å²) in [5.41, 5.74) is 2.36. The molecule has 2 aromatic carbocycles. The van der Waals surface area contributed by atoms with Gasteiger partial charge in [0, 0.05) is 0 Å². The van der Waals surface area contributed by atoms with Crippen LogP contribution in [0.3, 0.4) is 0 Å². The molecule has 1 N–H and O–H groups in total. The summed E-state index contributed by atoms with van der Waals surface area (Å²) >= 11 is 0. The number of halogens is 1. The van der Waals surface area contributed by atoms with Crippen molar-refractivity contribution in [1.29, 1.82) is 0 Å². The van der Waals surface area contributed by atoms with Crippen LogP contribution in [0.25, 0.3) is 11.1 Å². The maximum Gasteiger partial charge on any atom is 0.338 e. The second-order valence-corrected chi connectivity index (χ2v) is 3.87. The number of benzene rings is 2. The smallest absolute Gasteiger partial charge is 0.338 e. The minimum Gasteiger partial charge on any atom is -0.478 e. The van der Waals surface area contributed by atoms with Gasteiger partial charge in [0.05, 0.1) is 5.56 Å². The van der Waals surface area contributed by atoms with Crippen LogP contribution in [0, 0.1) is 12.7 Å². The van der Waals surface area contributed by atoms with Crippen LogP contribution in [0.2, 0.25) is 0 Å². The van der Waals surface area contributed by atoms with Crippen LogP contribution in [-0.2, 0) is 0 Å². The molecule has 0 radical (unpaired) electrons. The average molecular weight is 230 g/mol. The number of carboxylic acids is 1. The topological polar surface area (TPSA) is 37.3 Å².